The Morgan fingerprint density at radius 3 is 2.38 bits per heavy atom. The Morgan fingerprint density at radius 2 is 1.69 bits per heavy atom. The van der Waals surface area contributed by atoms with Crippen molar-refractivity contribution < 1.29 is 14.3 Å². The molecule has 7 nitrogen and oxygen atoms in total. The summed E-state index contributed by atoms with van der Waals surface area (Å²) in [6, 6.07) is 12.9. The largest absolute Gasteiger partial charge is 0.497 e. The maximum absolute atomic E-state index is 13.2. The van der Waals surface area contributed by atoms with Gasteiger partial charge in [-0.3, -0.25) is 4.79 Å². The van der Waals surface area contributed by atoms with Gasteiger partial charge in [0, 0.05) is 19.2 Å². The summed E-state index contributed by atoms with van der Waals surface area (Å²) < 4.78 is 10.6. The molecular formula is C22H24N4O3. The average molecular weight is 392 g/mol. The van der Waals surface area contributed by atoms with Crippen LogP contribution in [-0.4, -0.2) is 43.2 Å². The predicted molar refractivity (Wildman–Crippen MR) is 113 cm³/mol. The average Bonchev–Trinajstić information content (AvgIpc) is 2.79. The maximum Gasteiger partial charge on any atom is 0.278 e. The molecule has 0 spiro atoms. The van der Waals surface area contributed by atoms with Crippen molar-refractivity contribution in [3.8, 4) is 11.5 Å². The molecule has 29 heavy (non-hydrogen) atoms. The Morgan fingerprint density at radius 1 is 0.966 bits per heavy atom. The molecule has 7 heteroatoms. The first-order valence-corrected chi connectivity index (χ1v) is 9.74. The van der Waals surface area contributed by atoms with Crippen molar-refractivity contribution in [3.05, 3.63) is 48.2 Å². The van der Waals surface area contributed by atoms with Crippen LogP contribution in [0.3, 0.4) is 0 Å². The second kappa shape index (κ2) is 8.34. The Balaban J connectivity index is 1.72. The molecule has 1 fully saturated rings. The molecule has 0 radical (unpaired) electrons. The van der Waals surface area contributed by atoms with Crippen LogP contribution >= 0.6 is 0 Å². The summed E-state index contributed by atoms with van der Waals surface area (Å²) in [5.41, 5.74) is 2.35. The number of carbonyl (C=O) groups excluding carboxylic acids is 1. The van der Waals surface area contributed by atoms with E-state index in [1.54, 1.807) is 32.4 Å². The van der Waals surface area contributed by atoms with E-state index in [9.17, 15) is 4.79 Å². The first kappa shape index (κ1) is 19.0. The fourth-order valence-corrected chi connectivity index (χ4v) is 3.55. The first-order valence-electron chi connectivity index (χ1n) is 9.74. The molecular weight excluding hydrogens is 368 g/mol. The van der Waals surface area contributed by atoms with Gasteiger partial charge in [0.05, 0.1) is 30.9 Å². The highest BCUT2D eigenvalue weighted by Crippen LogP contribution is 2.30. The summed E-state index contributed by atoms with van der Waals surface area (Å²) in [6.45, 7) is 1.75. The summed E-state index contributed by atoms with van der Waals surface area (Å²) in [5.74, 6) is 1.49. The highest BCUT2D eigenvalue weighted by Gasteiger charge is 2.23. The molecule has 1 aliphatic rings. The third-order valence-corrected chi connectivity index (χ3v) is 5.08. The number of rotatable bonds is 5. The van der Waals surface area contributed by atoms with Crippen LogP contribution < -0.4 is 19.7 Å². The zero-order valence-corrected chi connectivity index (χ0v) is 16.6. The number of para-hydroxylation sites is 2. The number of amides is 1. The molecule has 0 bridgehead atoms. The number of hydrogen-bond acceptors (Lipinski definition) is 6. The number of benzene rings is 2. The highest BCUT2D eigenvalue weighted by molar-refractivity contribution is 6.08. The van der Waals surface area contributed by atoms with Crippen molar-refractivity contribution in [2.75, 3.05) is 37.5 Å². The molecule has 2 heterocycles. The van der Waals surface area contributed by atoms with Gasteiger partial charge >= 0.3 is 0 Å². The quantitative estimate of drug-likeness (QED) is 0.710. The number of aromatic nitrogens is 2. The minimum absolute atomic E-state index is 0.313. The smallest absolute Gasteiger partial charge is 0.278 e. The second-order valence-electron chi connectivity index (χ2n) is 6.95. The monoisotopic (exact) mass is 392 g/mol. The fraction of sp³-hybridized carbons (Fsp3) is 0.318. The minimum atomic E-state index is -0.313. The molecule has 0 unspecified atom stereocenters. The molecule has 0 aliphatic carbocycles. The van der Waals surface area contributed by atoms with Gasteiger partial charge in [0.1, 0.15) is 11.5 Å². The zero-order chi connectivity index (χ0) is 20.2. The highest BCUT2D eigenvalue weighted by atomic mass is 16.5. The molecule has 4 rings (SSSR count). The molecule has 0 saturated carbocycles. The SMILES string of the molecule is COc1ccc(NC(=O)c2nc3ccccc3nc2N2CCCCC2)c(OC)c1. The van der Waals surface area contributed by atoms with E-state index in [0.717, 1.165) is 31.4 Å². The van der Waals surface area contributed by atoms with E-state index < -0.39 is 0 Å². The van der Waals surface area contributed by atoms with Gasteiger partial charge in [-0.2, -0.15) is 0 Å². The molecule has 150 valence electrons. The van der Waals surface area contributed by atoms with Crippen LogP contribution in [-0.2, 0) is 0 Å². The van der Waals surface area contributed by atoms with E-state index >= 15 is 0 Å². The van der Waals surface area contributed by atoms with E-state index in [1.165, 1.54) is 6.42 Å². The molecule has 1 aromatic heterocycles. The molecule has 1 N–H and O–H groups in total. The van der Waals surface area contributed by atoms with Crippen LogP contribution in [0.25, 0.3) is 11.0 Å². The van der Waals surface area contributed by atoms with E-state index in [2.05, 4.69) is 15.2 Å². The van der Waals surface area contributed by atoms with E-state index in [4.69, 9.17) is 14.5 Å². The summed E-state index contributed by atoms with van der Waals surface area (Å²) in [5, 5.41) is 2.92. The van der Waals surface area contributed by atoms with E-state index in [1.807, 2.05) is 24.3 Å². The van der Waals surface area contributed by atoms with E-state index in [0.29, 0.717) is 34.2 Å². The number of fused-ring (bicyclic) bond motifs is 1. The molecule has 1 saturated heterocycles. The standard InChI is InChI=1S/C22H24N4O3/c1-28-15-10-11-18(19(14-15)29-2)25-22(27)20-21(26-12-6-3-7-13-26)24-17-9-5-4-8-16(17)23-20/h4-5,8-11,14H,3,6-7,12-13H2,1-2H3,(H,25,27). The van der Waals surface area contributed by atoms with Gasteiger partial charge in [-0.15, -0.1) is 0 Å². The molecule has 1 amide bonds. The maximum atomic E-state index is 13.2. The van der Waals surface area contributed by atoms with Crippen molar-refractivity contribution in [3.63, 3.8) is 0 Å². The number of anilines is 2. The van der Waals surface area contributed by atoms with Gasteiger partial charge in [-0.05, 0) is 43.5 Å². The summed E-state index contributed by atoms with van der Waals surface area (Å²) >= 11 is 0. The Bertz CT molecular complexity index is 1030. The van der Waals surface area contributed by atoms with Crippen molar-refractivity contribution in [2.45, 2.75) is 19.3 Å². The number of methoxy groups -OCH3 is 2. The third kappa shape index (κ3) is 3.94. The Hall–Kier alpha value is -3.35. The summed E-state index contributed by atoms with van der Waals surface area (Å²) in [6.07, 6.45) is 3.37. The lowest BCUT2D eigenvalue weighted by Gasteiger charge is -2.29. The molecule has 0 atom stereocenters. The van der Waals surface area contributed by atoms with Gasteiger partial charge in [-0.25, -0.2) is 9.97 Å². The van der Waals surface area contributed by atoms with Crippen LogP contribution in [0.4, 0.5) is 11.5 Å². The Labute approximate surface area is 169 Å². The van der Waals surface area contributed by atoms with Crippen molar-refractivity contribution in [1.82, 2.24) is 9.97 Å². The van der Waals surface area contributed by atoms with Crippen LogP contribution in [0.5, 0.6) is 11.5 Å². The van der Waals surface area contributed by atoms with Crippen LogP contribution in [0, 0.1) is 0 Å². The lowest BCUT2D eigenvalue weighted by Crippen LogP contribution is -2.33. The summed E-state index contributed by atoms with van der Waals surface area (Å²) in [4.78, 5) is 24.8. The Kier molecular flexibility index (Phi) is 5.46. The van der Waals surface area contributed by atoms with Crippen molar-refractivity contribution >= 4 is 28.4 Å². The fourth-order valence-electron chi connectivity index (χ4n) is 3.55. The van der Waals surface area contributed by atoms with Crippen molar-refractivity contribution in [1.29, 1.82) is 0 Å². The van der Waals surface area contributed by atoms with Gasteiger partial charge in [0.2, 0.25) is 0 Å². The molecule has 3 aromatic rings. The zero-order valence-electron chi connectivity index (χ0n) is 16.6. The van der Waals surface area contributed by atoms with Crippen LogP contribution in [0.2, 0.25) is 0 Å². The number of ether oxygens (including phenoxy) is 2. The van der Waals surface area contributed by atoms with Gasteiger partial charge in [-0.1, -0.05) is 12.1 Å². The molecule has 2 aromatic carbocycles. The topological polar surface area (TPSA) is 76.6 Å². The number of piperidine rings is 1. The third-order valence-electron chi connectivity index (χ3n) is 5.08. The minimum Gasteiger partial charge on any atom is -0.497 e. The van der Waals surface area contributed by atoms with Crippen LogP contribution in [0.1, 0.15) is 29.8 Å². The lowest BCUT2D eigenvalue weighted by molar-refractivity contribution is 0.102. The normalized spacial score (nSPS) is 13.9. The van der Waals surface area contributed by atoms with Gasteiger partial charge in [0.25, 0.3) is 5.91 Å². The summed E-state index contributed by atoms with van der Waals surface area (Å²) in [7, 11) is 3.14. The predicted octanol–water partition coefficient (Wildman–Crippen LogP) is 3.89. The number of carbonyl (C=O) groups is 1. The first-order chi connectivity index (χ1) is 14.2. The van der Waals surface area contributed by atoms with Crippen molar-refractivity contribution in [2.24, 2.45) is 0 Å². The number of nitrogens with zero attached hydrogens (tertiary/aromatic N) is 3. The van der Waals surface area contributed by atoms with E-state index in [-0.39, 0.29) is 5.91 Å². The van der Waals surface area contributed by atoms with Gasteiger partial charge < -0.3 is 19.7 Å². The second-order valence-corrected chi connectivity index (χ2v) is 6.95. The number of hydrogen-bond donors (Lipinski definition) is 1. The number of nitrogens with one attached hydrogen (secondary N) is 1. The van der Waals surface area contributed by atoms with Crippen LogP contribution in [0.15, 0.2) is 42.5 Å². The lowest BCUT2D eigenvalue weighted by atomic mass is 10.1. The molecule has 1 aliphatic heterocycles. The van der Waals surface area contributed by atoms with Gasteiger partial charge in [0.15, 0.2) is 11.5 Å².